The predicted molar refractivity (Wildman–Crippen MR) is 79.1 cm³/mol. The van der Waals surface area contributed by atoms with E-state index >= 15 is 0 Å². The number of amides is 1. The normalized spacial score (nSPS) is 18.5. The Kier molecular flexibility index (Phi) is 5.56. The second-order valence-corrected chi connectivity index (χ2v) is 5.40. The molecule has 1 aliphatic rings. The molecule has 1 aromatic rings. The minimum absolute atomic E-state index is 0.186. The summed E-state index contributed by atoms with van der Waals surface area (Å²) in [4.78, 5) is 14.5. The van der Waals surface area contributed by atoms with Crippen LogP contribution in [0.1, 0.15) is 36.8 Å². The molecule has 0 saturated carbocycles. The van der Waals surface area contributed by atoms with Crippen molar-refractivity contribution in [2.45, 2.75) is 44.7 Å². The summed E-state index contributed by atoms with van der Waals surface area (Å²) in [5.74, 6) is 0.186. The van der Waals surface area contributed by atoms with Gasteiger partial charge in [0, 0.05) is 25.7 Å². The predicted octanol–water partition coefficient (Wildman–Crippen LogP) is 1.45. The molecule has 0 aliphatic carbocycles. The zero-order chi connectivity index (χ0) is 14.4. The van der Waals surface area contributed by atoms with Crippen LogP contribution in [0.25, 0.3) is 0 Å². The summed E-state index contributed by atoms with van der Waals surface area (Å²) >= 11 is 0. The number of aliphatic hydroxyl groups excluding tert-OH is 1. The van der Waals surface area contributed by atoms with Crippen molar-refractivity contribution in [1.29, 1.82) is 0 Å². The van der Waals surface area contributed by atoms with E-state index in [-0.39, 0.29) is 12.5 Å². The van der Waals surface area contributed by atoms with E-state index in [9.17, 15) is 4.79 Å². The van der Waals surface area contributed by atoms with Crippen LogP contribution in [-0.4, -0.2) is 35.1 Å². The number of likely N-dealkylation sites (tertiary alicyclic amines) is 1. The van der Waals surface area contributed by atoms with Crippen molar-refractivity contribution in [2.24, 2.45) is 5.73 Å². The first-order chi connectivity index (χ1) is 9.76. The van der Waals surface area contributed by atoms with E-state index in [0.29, 0.717) is 19.0 Å². The molecule has 1 aromatic carbocycles. The first-order valence-corrected chi connectivity index (χ1v) is 7.43. The standard InChI is InChI=1S/C16H24N2O2/c17-12-14-6-2-1-5-13(14)11-16(20)18-9-3-7-15(18)8-4-10-19/h1-2,5-6,15,19H,3-4,7-12,17H2. The van der Waals surface area contributed by atoms with Gasteiger partial charge in [-0.3, -0.25) is 4.79 Å². The van der Waals surface area contributed by atoms with Gasteiger partial charge in [0.25, 0.3) is 0 Å². The quantitative estimate of drug-likeness (QED) is 0.826. The highest BCUT2D eigenvalue weighted by Gasteiger charge is 2.28. The molecule has 4 nitrogen and oxygen atoms in total. The monoisotopic (exact) mass is 276 g/mol. The largest absolute Gasteiger partial charge is 0.396 e. The molecule has 1 aliphatic heterocycles. The highest BCUT2D eigenvalue weighted by molar-refractivity contribution is 5.79. The molecule has 0 radical (unpaired) electrons. The third-order valence-corrected chi connectivity index (χ3v) is 4.07. The van der Waals surface area contributed by atoms with Gasteiger partial charge in [-0.25, -0.2) is 0 Å². The smallest absolute Gasteiger partial charge is 0.227 e. The van der Waals surface area contributed by atoms with Crippen molar-refractivity contribution in [3.63, 3.8) is 0 Å². The first kappa shape index (κ1) is 15.0. The van der Waals surface area contributed by atoms with Crippen LogP contribution in [0.2, 0.25) is 0 Å². The Morgan fingerprint density at radius 2 is 2.10 bits per heavy atom. The zero-order valence-electron chi connectivity index (χ0n) is 11.9. The zero-order valence-corrected chi connectivity index (χ0v) is 11.9. The topological polar surface area (TPSA) is 66.6 Å². The van der Waals surface area contributed by atoms with E-state index in [1.54, 1.807) is 0 Å². The maximum atomic E-state index is 12.5. The Labute approximate surface area is 120 Å². The third-order valence-electron chi connectivity index (χ3n) is 4.07. The molecule has 1 heterocycles. The molecule has 110 valence electrons. The summed E-state index contributed by atoms with van der Waals surface area (Å²) in [7, 11) is 0. The van der Waals surface area contributed by atoms with Gasteiger partial charge in [0.15, 0.2) is 0 Å². The van der Waals surface area contributed by atoms with Crippen molar-refractivity contribution in [3.8, 4) is 0 Å². The first-order valence-electron chi connectivity index (χ1n) is 7.43. The van der Waals surface area contributed by atoms with Crippen LogP contribution in [0, 0.1) is 0 Å². The molecule has 0 spiro atoms. The van der Waals surface area contributed by atoms with Crippen LogP contribution in [-0.2, 0) is 17.8 Å². The minimum atomic E-state index is 0.186. The molecule has 3 N–H and O–H groups in total. The summed E-state index contributed by atoms with van der Waals surface area (Å²) in [5.41, 5.74) is 7.80. The van der Waals surface area contributed by atoms with E-state index in [1.807, 2.05) is 29.2 Å². The van der Waals surface area contributed by atoms with E-state index < -0.39 is 0 Å². The molecule has 20 heavy (non-hydrogen) atoms. The van der Waals surface area contributed by atoms with Crippen LogP contribution < -0.4 is 5.73 Å². The van der Waals surface area contributed by atoms with Gasteiger partial charge in [-0.1, -0.05) is 24.3 Å². The third kappa shape index (κ3) is 3.58. The average molecular weight is 276 g/mol. The number of benzene rings is 1. The second kappa shape index (κ2) is 7.41. The lowest BCUT2D eigenvalue weighted by Gasteiger charge is -2.25. The highest BCUT2D eigenvalue weighted by atomic mass is 16.3. The number of hydrogen-bond acceptors (Lipinski definition) is 3. The lowest BCUT2D eigenvalue weighted by Crippen LogP contribution is -2.36. The van der Waals surface area contributed by atoms with Crippen LogP contribution in [0.5, 0.6) is 0 Å². The Morgan fingerprint density at radius 1 is 1.35 bits per heavy atom. The number of hydrogen-bond donors (Lipinski definition) is 2. The molecule has 2 rings (SSSR count). The highest BCUT2D eigenvalue weighted by Crippen LogP contribution is 2.22. The van der Waals surface area contributed by atoms with Gasteiger partial charge in [0.05, 0.1) is 6.42 Å². The van der Waals surface area contributed by atoms with Gasteiger partial charge in [0.1, 0.15) is 0 Å². The summed E-state index contributed by atoms with van der Waals surface area (Å²) in [6, 6.07) is 8.18. The Balaban J connectivity index is 2.00. The van der Waals surface area contributed by atoms with E-state index in [4.69, 9.17) is 10.8 Å². The number of carbonyl (C=O) groups is 1. The van der Waals surface area contributed by atoms with Crippen LogP contribution >= 0.6 is 0 Å². The number of nitrogens with zero attached hydrogens (tertiary/aromatic N) is 1. The van der Waals surface area contributed by atoms with E-state index in [0.717, 1.165) is 43.4 Å². The van der Waals surface area contributed by atoms with Gasteiger partial charge in [-0.15, -0.1) is 0 Å². The Hall–Kier alpha value is -1.39. The van der Waals surface area contributed by atoms with Gasteiger partial charge >= 0.3 is 0 Å². The molecule has 4 heteroatoms. The number of carbonyl (C=O) groups excluding carboxylic acids is 1. The Morgan fingerprint density at radius 3 is 2.80 bits per heavy atom. The van der Waals surface area contributed by atoms with Gasteiger partial charge < -0.3 is 15.7 Å². The molecule has 0 aromatic heterocycles. The lowest BCUT2D eigenvalue weighted by atomic mass is 10.0. The fourth-order valence-electron chi connectivity index (χ4n) is 2.98. The van der Waals surface area contributed by atoms with Crippen molar-refractivity contribution in [2.75, 3.05) is 13.2 Å². The molecule has 1 saturated heterocycles. The van der Waals surface area contributed by atoms with Crippen molar-refractivity contribution in [3.05, 3.63) is 35.4 Å². The summed E-state index contributed by atoms with van der Waals surface area (Å²) < 4.78 is 0. The van der Waals surface area contributed by atoms with Gasteiger partial charge in [-0.05, 0) is 36.8 Å². The molecule has 0 bridgehead atoms. The molecule has 1 unspecified atom stereocenters. The van der Waals surface area contributed by atoms with E-state index in [2.05, 4.69) is 0 Å². The fraction of sp³-hybridized carbons (Fsp3) is 0.562. The lowest BCUT2D eigenvalue weighted by molar-refractivity contribution is -0.131. The molecule has 1 atom stereocenters. The number of aliphatic hydroxyl groups is 1. The summed E-state index contributed by atoms with van der Waals surface area (Å²) in [5, 5.41) is 8.94. The van der Waals surface area contributed by atoms with Crippen molar-refractivity contribution < 1.29 is 9.90 Å². The molecular weight excluding hydrogens is 252 g/mol. The van der Waals surface area contributed by atoms with Crippen LogP contribution in [0.4, 0.5) is 0 Å². The Bertz CT molecular complexity index is 448. The van der Waals surface area contributed by atoms with E-state index in [1.165, 1.54) is 0 Å². The van der Waals surface area contributed by atoms with Crippen molar-refractivity contribution in [1.82, 2.24) is 4.90 Å². The molecule has 1 amide bonds. The number of rotatable bonds is 6. The molecule has 1 fully saturated rings. The fourth-order valence-corrected chi connectivity index (χ4v) is 2.98. The SMILES string of the molecule is NCc1ccccc1CC(=O)N1CCCC1CCCO. The second-order valence-electron chi connectivity index (χ2n) is 5.40. The summed E-state index contributed by atoms with van der Waals surface area (Å²) in [6.07, 6.45) is 4.24. The van der Waals surface area contributed by atoms with Crippen LogP contribution in [0.15, 0.2) is 24.3 Å². The van der Waals surface area contributed by atoms with Gasteiger partial charge in [0.2, 0.25) is 5.91 Å². The average Bonchev–Trinajstić information content (AvgIpc) is 2.94. The van der Waals surface area contributed by atoms with Gasteiger partial charge in [-0.2, -0.15) is 0 Å². The van der Waals surface area contributed by atoms with Crippen LogP contribution in [0.3, 0.4) is 0 Å². The van der Waals surface area contributed by atoms with Crippen molar-refractivity contribution >= 4 is 5.91 Å². The molecular formula is C16H24N2O2. The minimum Gasteiger partial charge on any atom is -0.396 e. The summed E-state index contributed by atoms with van der Waals surface area (Å²) in [6.45, 7) is 1.52. The maximum Gasteiger partial charge on any atom is 0.227 e. The number of nitrogens with two attached hydrogens (primary N) is 1. The maximum absolute atomic E-state index is 12.5.